The van der Waals surface area contributed by atoms with Gasteiger partial charge in [-0.15, -0.1) is 0 Å². The van der Waals surface area contributed by atoms with Crippen molar-refractivity contribution in [2.24, 2.45) is 0 Å². The lowest BCUT2D eigenvalue weighted by molar-refractivity contribution is -0.125. The maximum Gasteiger partial charge on any atom is 0.335 e. The summed E-state index contributed by atoms with van der Waals surface area (Å²) in [6.45, 7) is 3.85. The first-order valence-corrected chi connectivity index (χ1v) is 9.43. The zero-order valence-electron chi connectivity index (χ0n) is 16.5. The summed E-state index contributed by atoms with van der Waals surface area (Å²) in [7, 11) is 0. The van der Waals surface area contributed by atoms with Crippen molar-refractivity contribution in [1.82, 2.24) is 9.78 Å². The van der Waals surface area contributed by atoms with Gasteiger partial charge in [-0.25, -0.2) is 9.48 Å². The molecule has 2 amide bonds. The summed E-state index contributed by atoms with van der Waals surface area (Å²) in [6.07, 6.45) is -0.0636. The van der Waals surface area contributed by atoms with Gasteiger partial charge in [0.1, 0.15) is 11.9 Å². The summed E-state index contributed by atoms with van der Waals surface area (Å²) in [5.74, 6) is -1.32. The van der Waals surface area contributed by atoms with Gasteiger partial charge in [0.2, 0.25) is 11.8 Å². The normalized spacial score (nSPS) is 15.3. The lowest BCUT2D eigenvalue weighted by atomic mass is 10.1. The fourth-order valence-electron chi connectivity index (χ4n) is 3.48. The average Bonchev–Trinajstić information content (AvgIpc) is 3.04. The highest BCUT2D eigenvalue weighted by Crippen LogP contribution is 2.34. The third-order valence-corrected chi connectivity index (χ3v) is 5.08. The molecule has 0 unspecified atom stereocenters. The van der Waals surface area contributed by atoms with E-state index >= 15 is 0 Å². The summed E-state index contributed by atoms with van der Waals surface area (Å²) in [4.78, 5) is 36.4. The van der Waals surface area contributed by atoms with Gasteiger partial charge in [0, 0.05) is 16.8 Å². The van der Waals surface area contributed by atoms with Gasteiger partial charge < -0.3 is 15.7 Å². The van der Waals surface area contributed by atoms with Crippen molar-refractivity contribution in [2.45, 2.75) is 26.3 Å². The maximum absolute atomic E-state index is 13.0. The van der Waals surface area contributed by atoms with E-state index in [9.17, 15) is 14.4 Å². The largest absolute Gasteiger partial charge is 0.478 e. The van der Waals surface area contributed by atoms with Crippen molar-refractivity contribution in [3.63, 3.8) is 0 Å². The molecule has 3 N–H and O–H groups in total. The molecule has 1 aromatic heterocycles. The number of hydrogen-bond donors (Lipinski definition) is 3. The van der Waals surface area contributed by atoms with Crippen LogP contribution in [0.25, 0.3) is 11.3 Å². The van der Waals surface area contributed by atoms with E-state index in [2.05, 4.69) is 15.7 Å². The Bertz CT molecular complexity index is 1160. The van der Waals surface area contributed by atoms with Crippen molar-refractivity contribution in [3.8, 4) is 11.3 Å². The van der Waals surface area contributed by atoms with Gasteiger partial charge in [-0.1, -0.05) is 35.9 Å². The van der Waals surface area contributed by atoms with E-state index in [0.29, 0.717) is 17.2 Å². The number of aryl methyl sites for hydroxylation is 1. The summed E-state index contributed by atoms with van der Waals surface area (Å²) in [6, 6.07) is 13.0. The number of amides is 2. The molecule has 0 spiro atoms. The number of rotatable bonds is 4. The van der Waals surface area contributed by atoms with Crippen LogP contribution in [0.4, 0.5) is 11.5 Å². The number of carbonyl (C=O) groups is 3. The van der Waals surface area contributed by atoms with Gasteiger partial charge in [-0.3, -0.25) is 9.59 Å². The molecule has 30 heavy (non-hydrogen) atoms. The molecule has 152 valence electrons. The Hall–Kier alpha value is -3.94. The van der Waals surface area contributed by atoms with Gasteiger partial charge in [0.15, 0.2) is 0 Å². The topological polar surface area (TPSA) is 113 Å². The third-order valence-electron chi connectivity index (χ3n) is 5.08. The Morgan fingerprint density at radius 1 is 1.17 bits per heavy atom. The van der Waals surface area contributed by atoms with Crippen LogP contribution < -0.4 is 10.6 Å². The Labute approximate surface area is 172 Å². The predicted octanol–water partition coefficient (Wildman–Crippen LogP) is 3.39. The summed E-state index contributed by atoms with van der Waals surface area (Å²) >= 11 is 0. The van der Waals surface area contributed by atoms with Crippen LogP contribution in [0.1, 0.15) is 33.9 Å². The lowest BCUT2D eigenvalue weighted by Gasteiger charge is -2.24. The van der Waals surface area contributed by atoms with Crippen LogP contribution in [0.3, 0.4) is 0 Å². The second kappa shape index (κ2) is 7.47. The van der Waals surface area contributed by atoms with Crippen LogP contribution in [0, 0.1) is 13.8 Å². The minimum absolute atomic E-state index is 0.0615. The monoisotopic (exact) mass is 404 g/mol. The van der Waals surface area contributed by atoms with Crippen molar-refractivity contribution in [1.29, 1.82) is 0 Å². The zero-order valence-corrected chi connectivity index (χ0v) is 16.5. The fraction of sp³-hybridized carbons (Fsp3) is 0.182. The number of benzene rings is 2. The molecular weight excluding hydrogens is 384 g/mol. The summed E-state index contributed by atoms with van der Waals surface area (Å²) in [5.41, 5.74) is 3.88. The molecular formula is C22H20N4O4. The Morgan fingerprint density at radius 2 is 1.90 bits per heavy atom. The number of hydrogen-bond acceptors (Lipinski definition) is 4. The first-order chi connectivity index (χ1) is 14.3. The molecule has 0 saturated heterocycles. The molecule has 1 aliphatic rings. The quantitative estimate of drug-likeness (QED) is 0.617. The molecule has 4 rings (SSSR count). The van der Waals surface area contributed by atoms with Crippen molar-refractivity contribution < 1.29 is 19.5 Å². The highest BCUT2D eigenvalue weighted by molar-refractivity contribution is 6.02. The van der Waals surface area contributed by atoms with Crippen LogP contribution in [0.2, 0.25) is 0 Å². The molecule has 2 aromatic carbocycles. The maximum atomic E-state index is 13.0. The molecule has 3 aromatic rings. The first-order valence-electron chi connectivity index (χ1n) is 9.43. The molecule has 1 atom stereocenters. The van der Waals surface area contributed by atoms with Crippen molar-refractivity contribution in [2.75, 3.05) is 10.6 Å². The predicted molar refractivity (Wildman–Crippen MR) is 111 cm³/mol. The fourth-order valence-corrected chi connectivity index (χ4v) is 3.48. The summed E-state index contributed by atoms with van der Waals surface area (Å²) in [5, 5.41) is 19.3. The van der Waals surface area contributed by atoms with Crippen LogP contribution in [0.15, 0.2) is 48.5 Å². The first kappa shape index (κ1) is 19.4. The molecule has 0 bridgehead atoms. The highest BCUT2D eigenvalue weighted by Gasteiger charge is 2.34. The van der Waals surface area contributed by atoms with E-state index in [4.69, 9.17) is 5.11 Å². The number of anilines is 2. The van der Waals surface area contributed by atoms with Gasteiger partial charge >= 0.3 is 5.97 Å². The third kappa shape index (κ3) is 3.55. The van der Waals surface area contributed by atoms with E-state index in [0.717, 1.165) is 16.7 Å². The number of carboxylic acids is 1. The van der Waals surface area contributed by atoms with E-state index in [1.54, 1.807) is 12.1 Å². The van der Waals surface area contributed by atoms with E-state index in [1.165, 1.54) is 16.8 Å². The van der Waals surface area contributed by atoms with E-state index in [1.807, 2.05) is 38.1 Å². The number of fused-ring (bicyclic) bond motifs is 1. The SMILES string of the molecule is Cc1ccc(-c2nn3c(c2C)NC(=O)C[C@@H]3C(=O)Nc2cccc(C(=O)O)c2)cc1. The van der Waals surface area contributed by atoms with E-state index in [-0.39, 0.29) is 17.9 Å². The number of aromatic carboxylic acids is 1. The molecule has 0 saturated carbocycles. The number of carbonyl (C=O) groups excluding carboxylic acids is 2. The van der Waals surface area contributed by atoms with Crippen molar-refractivity contribution in [3.05, 3.63) is 65.2 Å². The van der Waals surface area contributed by atoms with Gasteiger partial charge in [-0.05, 0) is 32.0 Å². The average molecular weight is 404 g/mol. The molecule has 8 nitrogen and oxygen atoms in total. The van der Waals surface area contributed by atoms with Crippen LogP contribution in [0.5, 0.6) is 0 Å². The Kier molecular flexibility index (Phi) is 4.83. The smallest absolute Gasteiger partial charge is 0.335 e. The molecule has 8 heteroatoms. The number of nitrogens with one attached hydrogen (secondary N) is 2. The molecule has 1 aliphatic heterocycles. The number of carboxylic acid groups (broad SMARTS) is 1. The second-order valence-corrected chi connectivity index (χ2v) is 7.28. The number of aromatic nitrogens is 2. The number of nitrogens with zero attached hydrogens (tertiary/aromatic N) is 2. The van der Waals surface area contributed by atoms with Crippen LogP contribution in [-0.4, -0.2) is 32.7 Å². The minimum atomic E-state index is -1.09. The molecule has 0 radical (unpaired) electrons. The lowest BCUT2D eigenvalue weighted by Crippen LogP contribution is -2.36. The zero-order chi connectivity index (χ0) is 21.4. The standard InChI is InChI=1S/C22H20N4O4/c1-12-6-8-14(9-7-12)19-13(2)20-24-18(27)11-17(26(20)25-19)21(28)23-16-5-3-4-15(10-16)22(29)30/h3-10,17H,11H2,1-2H3,(H,23,28)(H,24,27)(H,29,30)/t17-/m1/s1. The Balaban J connectivity index is 1.68. The van der Waals surface area contributed by atoms with Gasteiger partial charge in [0.25, 0.3) is 0 Å². The van der Waals surface area contributed by atoms with Gasteiger partial charge in [-0.2, -0.15) is 5.10 Å². The van der Waals surface area contributed by atoms with Crippen LogP contribution in [-0.2, 0) is 9.59 Å². The van der Waals surface area contributed by atoms with E-state index < -0.39 is 17.9 Å². The Morgan fingerprint density at radius 3 is 2.60 bits per heavy atom. The molecule has 0 fully saturated rings. The highest BCUT2D eigenvalue weighted by atomic mass is 16.4. The van der Waals surface area contributed by atoms with Crippen molar-refractivity contribution >= 4 is 29.3 Å². The molecule has 0 aliphatic carbocycles. The summed E-state index contributed by atoms with van der Waals surface area (Å²) < 4.78 is 1.53. The van der Waals surface area contributed by atoms with Crippen LogP contribution >= 0.6 is 0 Å². The minimum Gasteiger partial charge on any atom is -0.478 e. The van der Waals surface area contributed by atoms with Gasteiger partial charge in [0.05, 0.1) is 17.7 Å². The molecule has 2 heterocycles. The second-order valence-electron chi connectivity index (χ2n) is 7.28.